The molecule has 5 nitrogen and oxygen atoms in total. The van der Waals surface area contributed by atoms with Gasteiger partial charge in [-0.3, -0.25) is 0 Å². The molecule has 1 aliphatic carbocycles. The van der Waals surface area contributed by atoms with Crippen molar-refractivity contribution in [1.29, 1.82) is 0 Å². The van der Waals surface area contributed by atoms with Gasteiger partial charge in [-0.05, 0) is 24.7 Å². The number of hydrogen-bond acceptors (Lipinski definition) is 5. The van der Waals surface area contributed by atoms with E-state index in [2.05, 4.69) is 43.0 Å². The van der Waals surface area contributed by atoms with Gasteiger partial charge in [0.25, 0.3) is 0 Å². The molecule has 20 heavy (non-hydrogen) atoms. The molecule has 1 aromatic heterocycles. The number of hydrazine groups is 1. The highest BCUT2D eigenvalue weighted by molar-refractivity contribution is 5.49. The molecule has 112 valence electrons. The number of nitrogens with zero attached hydrogens (tertiary/aromatic N) is 3. The van der Waals surface area contributed by atoms with Crippen LogP contribution in [0.2, 0.25) is 0 Å². The number of nitrogens with one attached hydrogen (secondary N) is 1. The quantitative estimate of drug-likeness (QED) is 0.592. The van der Waals surface area contributed by atoms with E-state index in [1.165, 1.54) is 12.8 Å². The summed E-state index contributed by atoms with van der Waals surface area (Å²) in [5.41, 5.74) is 2.67. The monoisotopic (exact) mass is 277 g/mol. The lowest BCUT2D eigenvalue weighted by molar-refractivity contribution is 0.547. The second kappa shape index (κ2) is 6.39. The SMILES string of the molecule is CC(C)CN(CC(C)C)c1cc(NN)nc(C2CC2)n1. The maximum absolute atomic E-state index is 5.55. The number of nitrogens with two attached hydrogens (primary N) is 1. The summed E-state index contributed by atoms with van der Waals surface area (Å²) in [6, 6.07) is 1.96. The lowest BCUT2D eigenvalue weighted by Crippen LogP contribution is -2.32. The molecule has 0 radical (unpaired) electrons. The molecule has 1 saturated carbocycles. The molecule has 0 aromatic carbocycles. The number of aromatic nitrogens is 2. The van der Waals surface area contributed by atoms with E-state index >= 15 is 0 Å². The van der Waals surface area contributed by atoms with Gasteiger partial charge in [-0.25, -0.2) is 15.8 Å². The molecule has 0 saturated heterocycles. The molecule has 0 bridgehead atoms. The standard InChI is InChI=1S/C15H27N5/c1-10(2)8-20(9-11(3)4)14-7-13(19-16)17-15(18-14)12-5-6-12/h7,10-12H,5-6,8-9,16H2,1-4H3,(H,17,18,19). The molecule has 1 aromatic rings. The predicted octanol–water partition coefficient (Wildman–Crippen LogP) is 2.76. The summed E-state index contributed by atoms with van der Waals surface area (Å²) in [4.78, 5) is 11.6. The Morgan fingerprint density at radius 1 is 1.20 bits per heavy atom. The van der Waals surface area contributed by atoms with Crippen LogP contribution >= 0.6 is 0 Å². The smallest absolute Gasteiger partial charge is 0.145 e. The van der Waals surface area contributed by atoms with E-state index in [9.17, 15) is 0 Å². The third-order valence-corrected chi connectivity index (χ3v) is 3.32. The zero-order valence-corrected chi connectivity index (χ0v) is 13.1. The van der Waals surface area contributed by atoms with Crippen molar-refractivity contribution in [2.24, 2.45) is 17.7 Å². The summed E-state index contributed by atoms with van der Waals surface area (Å²) >= 11 is 0. The number of anilines is 2. The van der Waals surface area contributed by atoms with Gasteiger partial charge in [0.2, 0.25) is 0 Å². The van der Waals surface area contributed by atoms with E-state index in [-0.39, 0.29) is 0 Å². The van der Waals surface area contributed by atoms with E-state index in [1.54, 1.807) is 0 Å². The van der Waals surface area contributed by atoms with Crippen LogP contribution in [0.1, 0.15) is 52.3 Å². The Morgan fingerprint density at radius 3 is 2.25 bits per heavy atom. The highest BCUT2D eigenvalue weighted by atomic mass is 15.3. The summed E-state index contributed by atoms with van der Waals surface area (Å²) < 4.78 is 0. The summed E-state index contributed by atoms with van der Waals surface area (Å²) in [5.74, 6) is 9.93. The molecular formula is C15H27N5. The molecule has 5 heteroatoms. The zero-order valence-electron chi connectivity index (χ0n) is 13.1. The van der Waals surface area contributed by atoms with E-state index in [4.69, 9.17) is 10.8 Å². The summed E-state index contributed by atoms with van der Waals surface area (Å²) in [5, 5.41) is 0. The average molecular weight is 277 g/mol. The average Bonchev–Trinajstić information content (AvgIpc) is 3.20. The fourth-order valence-corrected chi connectivity index (χ4v) is 2.36. The minimum absolute atomic E-state index is 0.530. The first-order chi connectivity index (χ1) is 9.49. The highest BCUT2D eigenvalue weighted by Gasteiger charge is 2.28. The lowest BCUT2D eigenvalue weighted by atomic mass is 10.1. The van der Waals surface area contributed by atoms with Crippen LogP contribution in [0.5, 0.6) is 0 Å². The fraction of sp³-hybridized carbons (Fsp3) is 0.733. The fourth-order valence-electron chi connectivity index (χ4n) is 2.36. The molecule has 0 spiro atoms. The van der Waals surface area contributed by atoms with Crippen LogP contribution in [-0.2, 0) is 0 Å². The number of hydrogen-bond donors (Lipinski definition) is 2. The molecule has 1 fully saturated rings. The van der Waals surface area contributed by atoms with Crippen LogP contribution in [0.3, 0.4) is 0 Å². The third-order valence-electron chi connectivity index (χ3n) is 3.32. The van der Waals surface area contributed by atoms with Gasteiger partial charge in [0, 0.05) is 25.1 Å². The van der Waals surface area contributed by atoms with Gasteiger partial charge in [-0.1, -0.05) is 27.7 Å². The summed E-state index contributed by atoms with van der Waals surface area (Å²) in [6.45, 7) is 10.9. The Labute approximate surface area is 121 Å². The van der Waals surface area contributed by atoms with Gasteiger partial charge in [0.1, 0.15) is 17.5 Å². The Hall–Kier alpha value is -1.36. The first-order valence-corrected chi connectivity index (χ1v) is 7.60. The minimum Gasteiger partial charge on any atom is -0.356 e. The van der Waals surface area contributed by atoms with Gasteiger partial charge in [0.15, 0.2) is 0 Å². The number of rotatable bonds is 7. The van der Waals surface area contributed by atoms with Crippen LogP contribution in [0.4, 0.5) is 11.6 Å². The maximum Gasteiger partial charge on any atom is 0.145 e. The van der Waals surface area contributed by atoms with Crippen LogP contribution in [0.25, 0.3) is 0 Å². The minimum atomic E-state index is 0.530. The van der Waals surface area contributed by atoms with Gasteiger partial charge < -0.3 is 10.3 Å². The topological polar surface area (TPSA) is 67.1 Å². The number of nitrogen functional groups attached to an aromatic ring is 1. The van der Waals surface area contributed by atoms with Crippen molar-refractivity contribution >= 4 is 11.6 Å². The van der Waals surface area contributed by atoms with Crippen LogP contribution in [-0.4, -0.2) is 23.1 Å². The van der Waals surface area contributed by atoms with Gasteiger partial charge in [-0.15, -0.1) is 0 Å². The van der Waals surface area contributed by atoms with E-state index in [0.717, 1.165) is 30.5 Å². The Bertz CT molecular complexity index is 430. The van der Waals surface area contributed by atoms with Crippen molar-refractivity contribution in [3.63, 3.8) is 0 Å². The van der Waals surface area contributed by atoms with Crippen LogP contribution in [0, 0.1) is 11.8 Å². The molecule has 0 atom stereocenters. The first-order valence-electron chi connectivity index (χ1n) is 7.60. The van der Waals surface area contributed by atoms with E-state index < -0.39 is 0 Å². The maximum atomic E-state index is 5.55. The van der Waals surface area contributed by atoms with Crippen molar-refractivity contribution in [3.05, 3.63) is 11.9 Å². The summed E-state index contributed by atoms with van der Waals surface area (Å²) in [7, 11) is 0. The Balaban J connectivity index is 2.27. The first kappa shape index (κ1) is 15.0. The molecule has 0 unspecified atom stereocenters. The second-order valence-electron chi connectivity index (χ2n) is 6.58. The molecule has 0 amide bonds. The molecule has 1 aliphatic rings. The molecule has 0 aliphatic heterocycles. The third kappa shape index (κ3) is 4.07. The largest absolute Gasteiger partial charge is 0.356 e. The highest BCUT2D eigenvalue weighted by Crippen LogP contribution is 2.39. The molecular weight excluding hydrogens is 250 g/mol. The van der Waals surface area contributed by atoms with Crippen LogP contribution in [0.15, 0.2) is 6.07 Å². The van der Waals surface area contributed by atoms with Crippen molar-refractivity contribution in [2.45, 2.75) is 46.5 Å². The Kier molecular flexibility index (Phi) is 4.81. The Morgan fingerprint density at radius 2 is 1.80 bits per heavy atom. The predicted molar refractivity (Wildman–Crippen MR) is 83.7 cm³/mol. The van der Waals surface area contributed by atoms with E-state index in [1.807, 2.05) is 6.07 Å². The second-order valence-corrected chi connectivity index (χ2v) is 6.58. The van der Waals surface area contributed by atoms with E-state index in [0.29, 0.717) is 17.8 Å². The summed E-state index contributed by atoms with van der Waals surface area (Å²) in [6.07, 6.45) is 2.39. The van der Waals surface area contributed by atoms with Gasteiger partial charge >= 0.3 is 0 Å². The van der Waals surface area contributed by atoms with Crippen molar-refractivity contribution in [2.75, 3.05) is 23.4 Å². The van der Waals surface area contributed by atoms with Crippen LogP contribution < -0.4 is 16.2 Å². The van der Waals surface area contributed by atoms with Crippen molar-refractivity contribution < 1.29 is 0 Å². The lowest BCUT2D eigenvalue weighted by Gasteiger charge is -2.28. The normalized spacial score (nSPS) is 14.9. The van der Waals surface area contributed by atoms with Crippen molar-refractivity contribution in [1.82, 2.24) is 9.97 Å². The van der Waals surface area contributed by atoms with Gasteiger partial charge in [-0.2, -0.15) is 0 Å². The van der Waals surface area contributed by atoms with Crippen molar-refractivity contribution in [3.8, 4) is 0 Å². The zero-order chi connectivity index (χ0) is 14.7. The molecule has 2 rings (SSSR count). The molecule has 3 N–H and O–H groups in total. The van der Waals surface area contributed by atoms with Gasteiger partial charge in [0.05, 0.1) is 0 Å². The molecule has 1 heterocycles.